The van der Waals surface area contributed by atoms with E-state index in [2.05, 4.69) is 20.6 Å². The van der Waals surface area contributed by atoms with Crippen LogP contribution in [0.3, 0.4) is 0 Å². The summed E-state index contributed by atoms with van der Waals surface area (Å²) in [6.07, 6.45) is 3.53. The molecule has 118 valence electrons. The molecule has 0 atom stereocenters. The molecule has 1 aliphatic rings. The lowest BCUT2D eigenvalue weighted by Gasteiger charge is -2.21. The monoisotopic (exact) mass is 310 g/mol. The summed E-state index contributed by atoms with van der Waals surface area (Å²) in [5.74, 6) is 1.02. The predicted molar refractivity (Wildman–Crippen MR) is 87.9 cm³/mol. The summed E-state index contributed by atoms with van der Waals surface area (Å²) in [5, 5.41) is 6.67. The van der Waals surface area contributed by atoms with Crippen LogP contribution < -0.4 is 5.32 Å². The van der Waals surface area contributed by atoms with Crippen molar-refractivity contribution in [2.45, 2.75) is 39.7 Å². The van der Waals surface area contributed by atoms with Crippen LogP contribution in [0.15, 0.2) is 10.4 Å². The number of rotatable bonds is 7. The summed E-state index contributed by atoms with van der Waals surface area (Å²) in [5.41, 5.74) is 1.06. The van der Waals surface area contributed by atoms with Gasteiger partial charge in [-0.15, -0.1) is 11.3 Å². The first-order valence-corrected chi connectivity index (χ1v) is 8.69. The van der Waals surface area contributed by atoms with Crippen LogP contribution in [0.25, 0.3) is 0 Å². The van der Waals surface area contributed by atoms with E-state index < -0.39 is 0 Å². The van der Waals surface area contributed by atoms with Gasteiger partial charge >= 0.3 is 0 Å². The van der Waals surface area contributed by atoms with Crippen molar-refractivity contribution in [3.63, 3.8) is 0 Å². The van der Waals surface area contributed by atoms with Crippen LogP contribution in [0, 0.1) is 6.92 Å². The lowest BCUT2D eigenvalue weighted by Crippen LogP contribution is -2.40. The van der Waals surface area contributed by atoms with E-state index in [1.54, 1.807) is 11.3 Å². The van der Waals surface area contributed by atoms with E-state index >= 15 is 0 Å². The van der Waals surface area contributed by atoms with Gasteiger partial charge < -0.3 is 15.0 Å². The van der Waals surface area contributed by atoms with Gasteiger partial charge in [-0.3, -0.25) is 0 Å². The number of nitrogens with zero attached hydrogens (tertiary/aromatic N) is 3. The highest BCUT2D eigenvalue weighted by molar-refractivity contribution is 7.09. The second-order valence-corrected chi connectivity index (χ2v) is 6.23. The van der Waals surface area contributed by atoms with Gasteiger partial charge in [0.15, 0.2) is 5.96 Å². The Morgan fingerprint density at radius 1 is 1.48 bits per heavy atom. The molecule has 0 aromatic carbocycles. The molecule has 21 heavy (non-hydrogen) atoms. The van der Waals surface area contributed by atoms with Gasteiger partial charge in [-0.1, -0.05) is 0 Å². The number of hydrogen-bond acceptors (Lipinski definition) is 4. The fourth-order valence-corrected chi connectivity index (χ4v) is 2.96. The van der Waals surface area contributed by atoms with Crippen molar-refractivity contribution in [1.82, 2.24) is 15.2 Å². The van der Waals surface area contributed by atoms with Gasteiger partial charge in [-0.05, 0) is 33.1 Å². The SMILES string of the molecule is CCOCCCNC(=NCc1csc(C)n1)N1CCCC1. The highest BCUT2D eigenvalue weighted by atomic mass is 32.1. The van der Waals surface area contributed by atoms with Crippen molar-refractivity contribution in [3.05, 3.63) is 16.1 Å². The molecule has 1 aliphatic heterocycles. The van der Waals surface area contributed by atoms with Crippen molar-refractivity contribution in [1.29, 1.82) is 0 Å². The van der Waals surface area contributed by atoms with Crippen molar-refractivity contribution < 1.29 is 4.74 Å². The maximum absolute atomic E-state index is 5.37. The average molecular weight is 310 g/mol. The van der Waals surface area contributed by atoms with Crippen molar-refractivity contribution in [3.8, 4) is 0 Å². The normalized spacial score (nSPS) is 15.7. The molecule has 6 heteroatoms. The van der Waals surface area contributed by atoms with Crippen LogP contribution in [0.4, 0.5) is 0 Å². The Hall–Kier alpha value is -1.14. The molecule has 1 aromatic heterocycles. The van der Waals surface area contributed by atoms with E-state index in [4.69, 9.17) is 9.73 Å². The predicted octanol–water partition coefficient (Wildman–Crippen LogP) is 2.42. The third-order valence-corrected chi connectivity index (χ3v) is 4.24. The standard InChI is InChI=1S/C15H26N4OS/c1-3-20-10-6-7-16-15(19-8-4-5-9-19)17-11-14-12-21-13(2)18-14/h12H,3-11H2,1-2H3,(H,16,17). The van der Waals surface area contributed by atoms with E-state index in [0.29, 0.717) is 6.54 Å². The van der Waals surface area contributed by atoms with Gasteiger partial charge in [-0.2, -0.15) is 0 Å². The van der Waals surface area contributed by atoms with Gasteiger partial charge in [0.25, 0.3) is 0 Å². The molecule has 0 amide bonds. The Balaban J connectivity index is 1.85. The van der Waals surface area contributed by atoms with Crippen LogP contribution in [0.2, 0.25) is 0 Å². The van der Waals surface area contributed by atoms with Gasteiger partial charge in [-0.25, -0.2) is 9.98 Å². The number of ether oxygens (including phenoxy) is 1. The molecule has 0 bridgehead atoms. The average Bonchev–Trinajstić information content (AvgIpc) is 3.13. The number of hydrogen-bond donors (Lipinski definition) is 1. The minimum absolute atomic E-state index is 0.661. The number of likely N-dealkylation sites (tertiary alicyclic amines) is 1. The zero-order chi connectivity index (χ0) is 14.9. The van der Waals surface area contributed by atoms with Crippen LogP contribution in [0.1, 0.15) is 36.9 Å². The minimum atomic E-state index is 0.661. The smallest absolute Gasteiger partial charge is 0.194 e. The topological polar surface area (TPSA) is 49.8 Å². The Kier molecular flexibility index (Phi) is 6.95. The molecular weight excluding hydrogens is 284 g/mol. The summed E-state index contributed by atoms with van der Waals surface area (Å²) in [4.78, 5) is 11.6. The first-order valence-electron chi connectivity index (χ1n) is 7.81. The van der Waals surface area contributed by atoms with Crippen LogP contribution >= 0.6 is 11.3 Å². The maximum atomic E-state index is 5.37. The van der Waals surface area contributed by atoms with E-state index in [9.17, 15) is 0 Å². The minimum Gasteiger partial charge on any atom is -0.382 e. The number of aromatic nitrogens is 1. The van der Waals surface area contributed by atoms with Gasteiger partial charge in [0.1, 0.15) is 0 Å². The zero-order valence-electron chi connectivity index (χ0n) is 13.1. The third-order valence-electron chi connectivity index (χ3n) is 3.42. The molecule has 2 rings (SSSR count). The molecule has 0 aliphatic carbocycles. The Bertz CT molecular complexity index is 441. The summed E-state index contributed by atoms with van der Waals surface area (Å²) >= 11 is 1.68. The Morgan fingerprint density at radius 3 is 2.95 bits per heavy atom. The zero-order valence-corrected chi connectivity index (χ0v) is 13.9. The Labute approximate surface area is 131 Å². The van der Waals surface area contributed by atoms with Gasteiger partial charge in [0.05, 0.1) is 17.2 Å². The molecule has 0 radical (unpaired) electrons. The summed E-state index contributed by atoms with van der Waals surface area (Å²) < 4.78 is 5.37. The largest absolute Gasteiger partial charge is 0.382 e. The van der Waals surface area contributed by atoms with Gasteiger partial charge in [0, 0.05) is 38.2 Å². The molecule has 2 heterocycles. The number of guanidine groups is 1. The summed E-state index contributed by atoms with van der Waals surface area (Å²) in [6, 6.07) is 0. The lowest BCUT2D eigenvalue weighted by molar-refractivity contribution is 0.145. The van der Waals surface area contributed by atoms with E-state index in [-0.39, 0.29) is 0 Å². The fraction of sp³-hybridized carbons (Fsp3) is 0.733. The van der Waals surface area contributed by atoms with Crippen LogP contribution in [-0.4, -0.2) is 48.7 Å². The van der Waals surface area contributed by atoms with Crippen LogP contribution in [0.5, 0.6) is 0 Å². The summed E-state index contributed by atoms with van der Waals surface area (Å²) in [6.45, 7) is 9.44. The summed E-state index contributed by atoms with van der Waals surface area (Å²) in [7, 11) is 0. The first kappa shape index (κ1) is 16.2. The van der Waals surface area contributed by atoms with Crippen molar-refractivity contribution >= 4 is 17.3 Å². The highest BCUT2D eigenvalue weighted by Crippen LogP contribution is 2.11. The quantitative estimate of drug-likeness (QED) is 0.477. The Morgan fingerprint density at radius 2 is 2.29 bits per heavy atom. The number of aliphatic imine (C=N–C) groups is 1. The number of nitrogens with one attached hydrogen (secondary N) is 1. The third kappa shape index (κ3) is 5.63. The molecule has 0 spiro atoms. The molecule has 5 nitrogen and oxygen atoms in total. The molecule has 1 aromatic rings. The van der Waals surface area contributed by atoms with E-state index in [1.807, 2.05) is 13.8 Å². The molecule has 0 unspecified atom stereocenters. The van der Waals surface area contributed by atoms with Gasteiger partial charge in [0.2, 0.25) is 0 Å². The molecular formula is C15H26N4OS. The van der Waals surface area contributed by atoms with E-state index in [0.717, 1.165) is 55.9 Å². The second kappa shape index (κ2) is 9.00. The van der Waals surface area contributed by atoms with Crippen LogP contribution in [-0.2, 0) is 11.3 Å². The van der Waals surface area contributed by atoms with Crippen molar-refractivity contribution in [2.24, 2.45) is 4.99 Å². The second-order valence-electron chi connectivity index (χ2n) is 5.17. The van der Waals surface area contributed by atoms with Crippen molar-refractivity contribution in [2.75, 3.05) is 32.8 Å². The maximum Gasteiger partial charge on any atom is 0.194 e. The number of aryl methyl sites for hydroxylation is 1. The molecule has 0 saturated carbocycles. The molecule has 1 saturated heterocycles. The fourth-order valence-electron chi connectivity index (χ4n) is 2.35. The number of thiazole rings is 1. The molecule has 1 fully saturated rings. The molecule has 1 N–H and O–H groups in total. The highest BCUT2D eigenvalue weighted by Gasteiger charge is 2.15. The first-order chi connectivity index (χ1) is 10.3. The lowest BCUT2D eigenvalue weighted by atomic mass is 10.4. The van der Waals surface area contributed by atoms with E-state index in [1.165, 1.54) is 12.8 Å².